The molecule has 1 aromatic heterocycles. The SMILES string of the molecule is O=C(CSc1nc2ccccc2s1)NCCN1C(=O)S/C(=C\c2ccccc2F)C1=O. The molecule has 0 saturated carbocycles. The van der Waals surface area contributed by atoms with Crippen LogP contribution in [0.15, 0.2) is 57.8 Å². The van der Waals surface area contributed by atoms with Crippen LogP contribution in [0.2, 0.25) is 0 Å². The second-order valence-electron chi connectivity index (χ2n) is 6.44. The van der Waals surface area contributed by atoms with E-state index in [9.17, 15) is 18.8 Å². The van der Waals surface area contributed by atoms with Crippen molar-refractivity contribution in [1.82, 2.24) is 15.2 Å². The standard InChI is InChI=1S/C21H16FN3O3S3/c22-14-6-2-1-5-13(14)11-17-19(27)25(21(28)31-17)10-9-23-18(26)12-29-20-24-15-7-3-4-8-16(15)30-20/h1-8,11H,9-10,12H2,(H,23,26)/b17-11-. The minimum Gasteiger partial charge on any atom is -0.354 e. The second kappa shape index (κ2) is 9.63. The van der Waals surface area contributed by atoms with E-state index >= 15 is 0 Å². The van der Waals surface area contributed by atoms with Crippen molar-refractivity contribution in [2.45, 2.75) is 4.34 Å². The third kappa shape index (κ3) is 5.15. The topological polar surface area (TPSA) is 79.4 Å². The number of amides is 3. The van der Waals surface area contributed by atoms with Crippen LogP contribution in [0.3, 0.4) is 0 Å². The molecule has 6 nitrogen and oxygen atoms in total. The fourth-order valence-corrected chi connectivity index (χ4v) is 5.58. The Kier molecular flexibility index (Phi) is 6.69. The summed E-state index contributed by atoms with van der Waals surface area (Å²) in [5, 5.41) is 2.27. The summed E-state index contributed by atoms with van der Waals surface area (Å²) in [5.41, 5.74) is 1.14. The van der Waals surface area contributed by atoms with Gasteiger partial charge in [0.1, 0.15) is 5.82 Å². The number of hydrogen-bond acceptors (Lipinski definition) is 7. The Hall–Kier alpha value is -2.69. The molecule has 0 spiro atoms. The Morgan fingerprint density at radius 3 is 2.74 bits per heavy atom. The fraction of sp³-hybridized carbons (Fsp3) is 0.143. The van der Waals surface area contributed by atoms with Crippen molar-refractivity contribution < 1.29 is 18.8 Å². The zero-order valence-corrected chi connectivity index (χ0v) is 18.5. The molecule has 1 fully saturated rings. The summed E-state index contributed by atoms with van der Waals surface area (Å²) in [6.07, 6.45) is 1.37. The molecule has 0 radical (unpaired) electrons. The van der Waals surface area contributed by atoms with Crippen LogP contribution in [0.4, 0.5) is 9.18 Å². The number of aromatic nitrogens is 1. The molecule has 158 valence electrons. The molecule has 1 aliphatic rings. The first-order valence-corrected chi connectivity index (χ1v) is 11.9. The molecular formula is C21H16FN3O3S3. The molecule has 4 rings (SSSR count). The summed E-state index contributed by atoms with van der Waals surface area (Å²) in [4.78, 5) is 42.4. The minimum absolute atomic E-state index is 0.0524. The van der Waals surface area contributed by atoms with Crippen LogP contribution in [0.1, 0.15) is 5.56 Å². The summed E-state index contributed by atoms with van der Waals surface area (Å²) >= 11 is 3.63. The minimum atomic E-state index is -0.489. The van der Waals surface area contributed by atoms with Crippen molar-refractivity contribution in [3.05, 3.63) is 64.8 Å². The van der Waals surface area contributed by atoms with Gasteiger partial charge in [0.25, 0.3) is 11.1 Å². The van der Waals surface area contributed by atoms with E-state index in [2.05, 4.69) is 10.3 Å². The van der Waals surface area contributed by atoms with Gasteiger partial charge in [-0.1, -0.05) is 42.1 Å². The zero-order chi connectivity index (χ0) is 21.8. The Labute approximate surface area is 189 Å². The highest BCUT2D eigenvalue weighted by Gasteiger charge is 2.34. The molecule has 3 amide bonds. The molecule has 1 N–H and O–H groups in total. The zero-order valence-electron chi connectivity index (χ0n) is 16.0. The first-order chi connectivity index (χ1) is 15.0. The normalized spacial score (nSPS) is 15.3. The second-order valence-corrected chi connectivity index (χ2v) is 9.69. The number of hydrogen-bond donors (Lipinski definition) is 1. The quantitative estimate of drug-likeness (QED) is 0.405. The third-order valence-electron chi connectivity index (χ3n) is 4.32. The molecule has 10 heteroatoms. The van der Waals surface area contributed by atoms with Crippen molar-refractivity contribution in [2.75, 3.05) is 18.8 Å². The summed E-state index contributed by atoms with van der Waals surface area (Å²) in [6.45, 7) is 0.196. The van der Waals surface area contributed by atoms with Gasteiger partial charge in [0.05, 0.1) is 20.9 Å². The van der Waals surface area contributed by atoms with E-state index in [0.717, 1.165) is 31.2 Å². The Bertz CT molecular complexity index is 1160. The number of rotatable bonds is 7. The lowest BCUT2D eigenvalue weighted by atomic mass is 10.2. The van der Waals surface area contributed by atoms with Gasteiger partial charge in [-0.3, -0.25) is 19.3 Å². The van der Waals surface area contributed by atoms with E-state index in [1.54, 1.807) is 12.1 Å². The molecule has 3 aromatic rings. The fourth-order valence-electron chi connectivity index (χ4n) is 2.82. The van der Waals surface area contributed by atoms with E-state index in [-0.39, 0.29) is 35.2 Å². The molecule has 0 atom stereocenters. The van der Waals surface area contributed by atoms with Crippen LogP contribution in [0.5, 0.6) is 0 Å². The van der Waals surface area contributed by atoms with Gasteiger partial charge in [0.2, 0.25) is 5.91 Å². The van der Waals surface area contributed by atoms with Crippen molar-refractivity contribution in [1.29, 1.82) is 0 Å². The average Bonchev–Trinajstić information content (AvgIpc) is 3.29. The van der Waals surface area contributed by atoms with Crippen LogP contribution in [-0.2, 0) is 9.59 Å². The Balaban J connectivity index is 1.27. The molecular weight excluding hydrogens is 457 g/mol. The van der Waals surface area contributed by atoms with Gasteiger partial charge in [-0.25, -0.2) is 9.37 Å². The van der Waals surface area contributed by atoms with Crippen LogP contribution in [0.25, 0.3) is 16.3 Å². The van der Waals surface area contributed by atoms with Crippen LogP contribution in [0, 0.1) is 5.82 Å². The maximum atomic E-state index is 13.8. The highest BCUT2D eigenvalue weighted by molar-refractivity contribution is 8.18. The molecule has 0 bridgehead atoms. The first kappa shape index (κ1) is 21.5. The van der Waals surface area contributed by atoms with E-state index in [1.165, 1.54) is 41.3 Å². The van der Waals surface area contributed by atoms with Crippen LogP contribution >= 0.6 is 34.9 Å². The summed E-state index contributed by atoms with van der Waals surface area (Å²) < 4.78 is 15.7. The largest absolute Gasteiger partial charge is 0.354 e. The van der Waals surface area contributed by atoms with Gasteiger partial charge < -0.3 is 5.32 Å². The Morgan fingerprint density at radius 2 is 1.94 bits per heavy atom. The third-order valence-corrected chi connectivity index (χ3v) is 7.41. The van der Waals surface area contributed by atoms with Gasteiger partial charge in [0, 0.05) is 18.7 Å². The maximum Gasteiger partial charge on any atom is 0.293 e. The molecule has 1 saturated heterocycles. The van der Waals surface area contributed by atoms with Gasteiger partial charge in [-0.2, -0.15) is 0 Å². The number of carbonyl (C=O) groups is 3. The number of imide groups is 1. The van der Waals surface area contributed by atoms with Crippen LogP contribution < -0.4 is 5.32 Å². The number of fused-ring (bicyclic) bond motifs is 1. The lowest BCUT2D eigenvalue weighted by Crippen LogP contribution is -2.37. The maximum absolute atomic E-state index is 13.8. The summed E-state index contributed by atoms with van der Waals surface area (Å²) in [5.74, 6) is -0.976. The monoisotopic (exact) mass is 473 g/mol. The number of nitrogens with one attached hydrogen (secondary N) is 1. The van der Waals surface area contributed by atoms with Gasteiger partial charge in [0.15, 0.2) is 4.34 Å². The smallest absolute Gasteiger partial charge is 0.293 e. The molecule has 1 aliphatic heterocycles. The highest BCUT2D eigenvalue weighted by atomic mass is 32.2. The van der Waals surface area contributed by atoms with Crippen LogP contribution in [-0.4, -0.2) is 45.8 Å². The lowest BCUT2D eigenvalue weighted by molar-refractivity contribution is -0.123. The molecule has 0 aliphatic carbocycles. The summed E-state index contributed by atoms with van der Waals surface area (Å²) in [6, 6.07) is 13.8. The van der Waals surface area contributed by atoms with Gasteiger partial charge in [-0.05, 0) is 36.0 Å². The van der Waals surface area contributed by atoms with E-state index < -0.39 is 17.0 Å². The number of benzene rings is 2. The van der Waals surface area contributed by atoms with Crippen molar-refractivity contribution >= 4 is 68.2 Å². The number of para-hydroxylation sites is 1. The number of halogens is 1. The van der Waals surface area contributed by atoms with Crippen molar-refractivity contribution in [2.24, 2.45) is 0 Å². The first-order valence-electron chi connectivity index (χ1n) is 9.26. The van der Waals surface area contributed by atoms with Gasteiger partial charge >= 0.3 is 0 Å². The molecule has 2 aromatic carbocycles. The number of thiazole rings is 1. The molecule has 31 heavy (non-hydrogen) atoms. The van der Waals surface area contributed by atoms with E-state index in [4.69, 9.17) is 0 Å². The van der Waals surface area contributed by atoms with Crippen molar-refractivity contribution in [3.63, 3.8) is 0 Å². The predicted octanol–water partition coefficient (Wildman–Crippen LogP) is 4.38. The van der Waals surface area contributed by atoms with Crippen molar-refractivity contribution in [3.8, 4) is 0 Å². The average molecular weight is 474 g/mol. The Morgan fingerprint density at radius 1 is 1.16 bits per heavy atom. The number of carbonyl (C=O) groups excluding carboxylic acids is 3. The number of nitrogens with zero attached hydrogens (tertiary/aromatic N) is 2. The molecule has 0 unspecified atom stereocenters. The highest BCUT2D eigenvalue weighted by Crippen LogP contribution is 2.32. The van der Waals surface area contributed by atoms with E-state index in [1.807, 2.05) is 24.3 Å². The lowest BCUT2D eigenvalue weighted by Gasteiger charge is -2.12. The predicted molar refractivity (Wildman–Crippen MR) is 122 cm³/mol. The van der Waals surface area contributed by atoms with E-state index in [0.29, 0.717) is 0 Å². The van der Waals surface area contributed by atoms with Gasteiger partial charge in [-0.15, -0.1) is 11.3 Å². The number of thioether (sulfide) groups is 2. The summed E-state index contributed by atoms with van der Waals surface area (Å²) in [7, 11) is 0. The molecule has 2 heterocycles.